The first-order valence-corrected chi connectivity index (χ1v) is 8.99. The van der Waals surface area contributed by atoms with Gasteiger partial charge in [0.25, 0.3) is 0 Å². The molecule has 0 unspecified atom stereocenters. The standard InChI is InChI=1S/C20H27N3O2/c1-17(22-9-5-6-10-22)15-20(25)23-13-11-21(12-14-23)16-19(24)18-7-3-2-4-8-18/h2-10,17,19,24H,11-16H2,1H3/t17-,19-/m1/s1. The van der Waals surface area contributed by atoms with E-state index in [-0.39, 0.29) is 11.9 Å². The second-order valence-corrected chi connectivity index (χ2v) is 6.79. The Morgan fingerprint density at radius 2 is 1.68 bits per heavy atom. The number of nitrogens with zero attached hydrogens (tertiary/aromatic N) is 3. The van der Waals surface area contributed by atoms with Gasteiger partial charge in [0.1, 0.15) is 0 Å². The van der Waals surface area contributed by atoms with E-state index in [1.807, 2.05) is 59.8 Å². The third-order valence-electron chi connectivity index (χ3n) is 4.95. The number of piperazine rings is 1. The van der Waals surface area contributed by atoms with E-state index in [1.54, 1.807) is 0 Å². The number of aliphatic hydroxyl groups is 1. The lowest BCUT2D eigenvalue weighted by Gasteiger charge is -2.36. The van der Waals surface area contributed by atoms with E-state index < -0.39 is 6.10 Å². The molecule has 1 amide bonds. The second kappa shape index (κ2) is 8.32. The van der Waals surface area contributed by atoms with E-state index >= 15 is 0 Å². The van der Waals surface area contributed by atoms with Crippen molar-refractivity contribution in [2.24, 2.45) is 0 Å². The lowest BCUT2D eigenvalue weighted by atomic mass is 10.1. The molecule has 134 valence electrons. The van der Waals surface area contributed by atoms with Crippen molar-refractivity contribution in [2.45, 2.75) is 25.5 Å². The van der Waals surface area contributed by atoms with E-state index in [9.17, 15) is 9.90 Å². The molecule has 0 saturated carbocycles. The van der Waals surface area contributed by atoms with E-state index in [2.05, 4.69) is 16.4 Å². The predicted octanol–water partition coefficient (Wildman–Crippen LogP) is 2.32. The fourth-order valence-corrected chi connectivity index (χ4v) is 3.33. The minimum Gasteiger partial charge on any atom is -0.387 e. The first-order chi connectivity index (χ1) is 12.1. The maximum absolute atomic E-state index is 12.5. The summed E-state index contributed by atoms with van der Waals surface area (Å²) in [5.74, 6) is 0.212. The molecule has 2 aromatic rings. The van der Waals surface area contributed by atoms with Gasteiger partial charge in [0.2, 0.25) is 5.91 Å². The first-order valence-electron chi connectivity index (χ1n) is 8.99. The Bertz CT molecular complexity index is 649. The number of hydrogen-bond acceptors (Lipinski definition) is 3. The summed E-state index contributed by atoms with van der Waals surface area (Å²) in [6, 6.07) is 13.9. The third-order valence-corrected chi connectivity index (χ3v) is 4.95. The SMILES string of the molecule is C[C@H](CC(=O)N1CCN(C[C@@H](O)c2ccccc2)CC1)n1cccc1. The van der Waals surface area contributed by atoms with Gasteiger partial charge >= 0.3 is 0 Å². The normalized spacial score (nSPS) is 18.1. The van der Waals surface area contributed by atoms with Crippen LogP contribution in [0.3, 0.4) is 0 Å². The van der Waals surface area contributed by atoms with E-state index in [0.29, 0.717) is 13.0 Å². The van der Waals surface area contributed by atoms with Crippen LogP contribution < -0.4 is 0 Å². The van der Waals surface area contributed by atoms with Gasteiger partial charge in [-0.15, -0.1) is 0 Å². The number of aliphatic hydroxyl groups excluding tert-OH is 1. The fourth-order valence-electron chi connectivity index (χ4n) is 3.33. The van der Waals surface area contributed by atoms with E-state index in [4.69, 9.17) is 0 Å². The molecule has 1 aromatic carbocycles. The van der Waals surface area contributed by atoms with Crippen molar-refractivity contribution in [3.8, 4) is 0 Å². The Balaban J connectivity index is 1.44. The van der Waals surface area contributed by atoms with Crippen molar-refractivity contribution in [3.05, 3.63) is 60.4 Å². The summed E-state index contributed by atoms with van der Waals surface area (Å²) in [5.41, 5.74) is 0.946. The lowest BCUT2D eigenvalue weighted by molar-refractivity contribution is -0.133. The number of benzene rings is 1. The van der Waals surface area contributed by atoms with Crippen molar-refractivity contribution in [3.63, 3.8) is 0 Å². The Morgan fingerprint density at radius 1 is 1.04 bits per heavy atom. The van der Waals surface area contributed by atoms with Crippen molar-refractivity contribution in [1.82, 2.24) is 14.4 Å². The predicted molar refractivity (Wildman–Crippen MR) is 98.2 cm³/mol. The van der Waals surface area contributed by atoms with Crippen LogP contribution in [-0.4, -0.2) is 58.1 Å². The Kier molecular flexibility index (Phi) is 5.89. The van der Waals surface area contributed by atoms with Gasteiger partial charge in [-0.3, -0.25) is 9.69 Å². The molecule has 0 spiro atoms. The Labute approximate surface area is 149 Å². The fraction of sp³-hybridized carbons (Fsp3) is 0.450. The molecular weight excluding hydrogens is 314 g/mol. The number of aromatic nitrogens is 1. The number of hydrogen-bond donors (Lipinski definition) is 1. The molecule has 5 nitrogen and oxygen atoms in total. The van der Waals surface area contributed by atoms with Crippen LogP contribution in [0, 0.1) is 0 Å². The molecule has 1 aliphatic heterocycles. The summed E-state index contributed by atoms with van der Waals surface area (Å²) in [6.45, 7) is 5.79. The summed E-state index contributed by atoms with van der Waals surface area (Å²) < 4.78 is 2.07. The molecule has 0 aliphatic carbocycles. The number of amides is 1. The van der Waals surface area contributed by atoms with Gasteiger partial charge in [-0.05, 0) is 24.6 Å². The van der Waals surface area contributed by atoms with Gasteiger partial charge in [0.05, 0.1) is 6.10 Å². The zero-order valence-electron chi connectivity index (χ0n) is 14.8. The summed E-state index contributed by atoms with van der Waals surface area (Å²) in [6.07, 6.45) is 4.06. The first kappa shape index (κ1) is 17.7. The molecule has 5 heteroatoms. The number of carbonyl (C=O) groups is 1. The Hall–Kier alpha value is -2.11. The molecule has 1 fully saturated rings. The lowest BCUT2D eigenvalue weighted by Crippen LogP contribution is -2.49. The number of carbonyl (C=O) groups excluding carboxylic acids is 1. The molecular formula is C20H27N3O2. The summed E-state index contributed by atoms with van der Waals surface area (Å²) in [7, 11) is 0. The molecule has 2 heterocycles. The van der Waals surface area contributed by atoms with Gasteiger partial charge < -0.3 is 14.6 Å². The zero-order chi connectivity index (χ0) is 17.6. The van der Waals surface area contributed by atoms with Gasteiger partial charge in [0, 0.05) is 57.6 Å². The van der Waals surface area contributed by atoms with E-state index in [1.165, 1.54) is 0 Å². The van der Waals surface area contributed by atoms with Crippen molar-refractivity contribution in [1.29, 1.82) is 0 Å². The second-order valence-electron chi connectivity index (χ2n) is 6.79. The maximum atomic E-state index is 12.5. The van der Waals surface area contributed by atoms with Crippen LogP contribution in [-0.2, 0) is 4.79 Å². The van der Waals surface area contributed by atoms with Crippen LogP contribution >= 0.6 is 0 Å². The van der Waals surface area contributed by atoms with Crippen molar-refractivity contribution < 1.29 is 9.90 Å². The average Bonchev–Trinajstić information content (AvgIpc) is 3.18. The minimum absolute atomic E-state index is 0.181. The van der Waals surface area contributed by atoms with Gasteiger partial charge in [-0.2, -0.15) is 0 Å². The smallest absolute Gasteiger partial charge is 0.224 e. The average molecular weight is 341 g/mol. The van der Waals surface area contributed by atoms with Crippen molar-refractivity contribution in [2.75, 3.05) is 32.7 Å². The van der Waals surface area contributed by atoms with E-state index in [0.717, 1.165) is 31.7 Å². The number of β-amino-alcohol motifs (C(OH)–C–C–N with tert-alkyl or cyclic N) is 1. The largest absolute Gasteiger partial charge is 0.387 e. The highest BCUT2D eigenvalue weighted by molar-refractivity contribution is 5.76. The van der Waals surface area contributed by atoms with Crippen LogP contribution in [0.1, 0.15) is 31.1 Å². The number of rotatable bonds is 6. The van der Waals surface area contributed by atoms with Crippen LogP contribution in [0.25, 0.3) is 0 Å². The quantitative estimate of drug-likeness (QED) is 0.877. The minimum atomic E-state index is -0.475. The summed E-state index contributed by atoms with van der Waals surface area (Å²) in [5, 5.41) is 10.3. The maximum Gasteiger partial charge on any atom is 0.224 e. The van der Waals surface area contributed by atoms with Crippen LogP contribution in [0.4, 0.5) is 0 Å². The van der Waals surface area contributed by atoms with Crippen LogP contribution in [0.15, 0.2) is 54.9 Å². The van der Waals surface area contributed by atoms with Crippen LogP contribution in [0.5, 0.6) is 0 Å². The van der Waals surface area contributed by atoms with Gasteiger partial charge in [-0.1, -0.05) is 30.3 Å². The molecule has 25 heavy (non-hydrogen) atoms. The van der Waals surface area contributed by atoms with Gasteiger partial charge in [-0.25, -0.2) is 0 Å². The molecule has 1 saturated heterocycles. The highest BCUT2D eigenvalue weighted by atomic mass is 16.3. The topological polar surface area (TPSA) is 48.7 Å². The molecule has 1 aromatic heterocycles. The third kappa shape index (κ3) is 4.71. The molecule has 1 aliphatic rings. The van der Waals surface area contributed by atoms with Gasteiger partial charge in [0.15, 0.2) is 0 Å². The monoisotopic (exact) mass is 341 g/mol. The Morgan fingerprint density at radius 3 is 2.32 bits per heavy atom. The molecule has 0 radical (unpaired) electrons. The summed E-state index contributed by atoms with van der Waals surface area (Å²) in [4.78, 5) is 16.7. The van der Waals surface area contributed by atoms with Crippen molar-refractivity contribution >= 4 is 5.91 Å². The molecule has 1 N–H and O–H groups in total. The molecule has 2 atom stereocenters. The highest BCUT2D eigenvalue weighted by Gasteiger charge is 2.24. The molecule has 0 bridgehead atoms. The molecule has 3 rings (SSSR count). The van der Waals surface area contributed by atoms with Crippen LogP contribution in [0.2, 0.25) is 0 Å². The summed E-state index contributed by atoms with van der Waals surface area (Å²) >= 11 is 0. The zero-order valence-corrected chi connectivity index (χ0v) is 14.8. The highest BCUT2D eigenvalue weighted by Crippen LogP contribution is 2.17.